The molecule has 0 saturated carbocycles. The normalized spacial score (nSPS) is 10.6. The second kappa shape index (κ2) is 2.02. The Bertz CT molecular complexity index is 389. The second-order valence-electron chi connectivity index (χ2n) is 2.73. The van der Waals surface area contributed by atoms with Crippen LogP contribution in [0, 0.1) is 6.92 Å². The quantitative estimate of drug-likeness (QED) is 0.588. The molecular formula is C9H9NO. The molecule has 0 atom stereocenters. The number of aromatic amines is 1. The first-order valence-electron chi connectivity index (χ1n) is 3.54. The van der Waals surface area contributed by atoms with Gasteiger partial charge in [0.1, 0.15) is 0 Å². The van der Waals surface area contributed by atoms with Crippen molar-refractivity contribution in [3.63, 3.8) is 0 Å². The van der Waals surface area contributed by atoms with Crippen molar-refractivity contribution in [2.24, 2.45) is 0 Å². The summed E-state index contributed by atoms with van der Waals surface area (Å²) in [6.07, 6.45) is 1.80. The van der Waals surface area contributed by atoms with Gasteiger partial charge in [0, 0.05) is 17.0 Å². The SMILES string of the molecule is Cc1ccc2c[nH]c(O)c2c1. The molecule has 56 valence electrons. The summed E-state index contributed by atoms with van der Waals surface area (Å²) < 4.78 is 0. The fraction of sp³-hybridized carbons (Fsp3) is 0.111. The van der Waals surface area contributed by atoms with Gasteiger partial charge in [-0.2, -0.15) is 0 Å². The minimum Gasteiger partial charge on any atom is -0.494 e. The summed E-state index contributed by atoms with van der Waals surface area (Å²) in [5.74, 6) is 0.253. The zero-order valence-corrected chi connectivity index (χ0v) is 6.26. The van der Waals surface area contributed by atoms with E-state index in [1.165, 1.54) is 0 Å². The molecule has 2 nitrogen and oxygen atoms in total. The van der Waals surface area contributed by atoms with E-state index in [1.807, 2.05) is 25.1 Å². The number of hydrogen-bond donors (Lipinski definition) is 2. The molecule has 0 aliphatic heterocycles. The monoisotopic (exact) mass is 147 g/mol. The number of benzene rings is 1. The maximum absolute atomic E-state index is 9.28. The van der Waals surface area contributed by atoms with Gasteiger partial charge in [0.15, 0.2) is 5.88 Å². The highest BCUT2D eigenvalue weighted by atomic mass is 16.3. The van der Waals surface area contributed by atoms with E-state index in [9.17, 15) is 5.11 Å². The van der Waals surface area contributed by atoms with Gasteiger partial charge < -0.3 is 10.1 Å². The van der Waals surface area contributed by atoms with Gasteiger partial charge in [0.25, 0.3) is 0 Å². The van der Waals surface area contributed by atoms with Crippen molar-refractivity contribution in [1.29, 1.82) is 0 Å². The summed E-state index contributed by atoms with van der Waals surface area (Å²) in [5.41, 5.74) is 1.16. The fourth-order valence-corrected chi connectivity index (χ4v) is 1.22. The van der Waals surface area contributed by atoms with Gasteiger partial charge in [-0.3, -0.25) is 0 Å². The van der Waals surface area contributed by atoms with Crippen molar-refractivity contribution in [3.8, 4) is 5.88 Å². The standard InChI is InChI=1S/C9H9NO/c1-6-2-3-7-5-10-9(11)8(7)4-6/h2-5,10-11H,1H3. The lowest BCUT2D eigenvalue weighted by molar-refractivity contribution is 0.462. The molecule has 0 amide bonds. The third-order valence-corrected chi connectivity index (χ3v) is 1.83. The number of hydrogen-bond acceptors (Lipinski definition) is 1. The van der Waals surface area contributed by atoms with E-state index in [4.69, 9.17) is 0 Å². The molecule has 1 aromatic carbocycles. The summed E-state index contributed by atoms with van der Waals surface area (Å²) >= 11 is 0. The first kappa shape index (κ1) is 6.28. The van der Waals surface area contributed by atoms with Crippen molar-refractivity contribution in [2.45, 2.75) is 6.92 Å². The molecule has 0 saturated heterocycles. The van der Waals surface area contributed by atoms with E-state index < -0.39 is 0 Å². The third-order valence-electron chi connectivity index (χ3n) is 1.83. The molecule has 0 fully saturated rings. The van der Waals surface area contributed by atoms with Gasteiger partial charge in [-0.1, -0.05) is 17.7 Å². The fourth-order valence-electron chi connectivity index (χ4n) is 1.22. The lowest BCUT2D eigenvalue weighted by atomic mass is 10.1. The molecule has 0 unspecified atom stereocenters. The summed E-state index contributed by atoms with van der Waals surface area (Å²) in [7, 11) is 0. The van der Waals surface area contributed by atoms with Crippen molar-refractivity contribution >= 4 is 10.8 Å². The number of aromatic nitrogens is 1. The van der Waals surface area contributed by atoms with Crippen molar-refractivity contribution in [3.05, 3.63) is 30.0 Å². The van der Waals surface area contributed by atoms with Crippen LogP contribution in [0.3, 0.4) is 0 Å². The Morgan fingerprint density at radius 2 is 2.18 bits per heavy atom. The van der Waals surface area contributed by atoms with Gasteiger partial charge in [-0.15, -0.1) is 0 Å². The summed E-state index contributed by atoms with van der Waals surface area (Å²) in [5, 5.41) is 11.2. The van der Waals surface area contributed by atoms with Crippen LogP contribution in [-0.2, 0) is 0 Å². The second-order valence-corrected chi connectivity index (χ2v) is 2.73. The van der Waals surface area contributed by atoms with Gasteiger partial charge in [0.2, 0.25) is 0 Å². The van der Waals surface area contributed by atoms with Crippen molar-refractivity contribution in [1.82, 2.24) is 4.98 Å². The molecule has 0 radical (unpaired) electrons. The van der Waals surface area contributed by atoms with Crippen LogP contribution in [0.5, 0.6) is 5.88 Å². The highest BCUT2D eigenvalue weighted by Crippen LogP contribution is 2.23. The number of aryl methyl sites for hydroxylation is 1. The predicted molar refractivity (Wildman–Crippen MR) is 44.7 cm³/mol. The number of aromatic hydroxyl groups is 1. The Balaban J connectivity index is 2.87. The third kappa shape index (κ3) is 0.871. The molecule has 0 aliphatic carbocycles. The molecule has 1 aromatic heterocycles. The van der Waals surface area contributed by atoms with Crippen LogP contribution in [0.1, 0.15) is 5.56 Å². The van der Waals surface area contributed by atoms with Crippen LogP contribution >= 0.6 is 0 Å². The van der Waals surface area contributed by atoms with Crippen LogP contribution < -0.4 is 0 Å². The van der Waals surface area contributed by atoms with E-state index in [0.29, 0.717) is 0 Å². The number of fused-ring (bicyclic) bond motifs is 1. The number of H-pyrrole nitrogens is 1. The molecule has 1 heterocycles. The maximum Gasteiger partial charge on any atom is 0.196 e. The predicted octanol–water partition coefficient (Wildman–Crippen LogP) is 2.18. The van der Waals surface area contributed by atoms with E-state index in [1.54, 1.807) is 6.20 Å². The lowest BCUT2D eigenvalue weighted by Gasteiger charge is -1.91. The summed E-state index contributed by atoms with van der Waals surface area (Å²) in [4.78, 5) is 2.76. The Kier molecular flexibility index (Phi) is 1.15. The number of rotatable bonds is 0. The molecule has 2 heteroatoms. The highest BCUT2D eigenvalue weighted by molar-refractivity contribution is 5.87. The van der Waals surface area contributed by atoms with E-state index in [-0.39, 0.29) is 5.88 Å². The Morgan fingerprint density at radius 1 is 1.36 bits per heavy atom. The molecule has 2 rings (SSSR count). The molecule has 0 aliphatic rings. The van der Waals surface area contributed by atoms with Crippen molar-refractivity contribution in [2.75, 3.05) is 0 Å². The molecule has 0 spiro atoms. The Hall–Kier alpha value is -1.44. The van der Waals surface area contributed by atoms with Crippen LogP contribution in [0.2, 0.25) is 0 Å². The van der Waals surface area contributed by atoms with Gasteiger partial charge in [-0.25, -0.2) is 0 Å². The van der Waals surface area contributed by atoms with Crippen molar-refractivity contribution < 1.29 is 5.11 Å². The average Bonchev–Trinajstić information content (AvgIpc) is 2.33. The Labute approximate surface area is 64.5 Å². The first-order chi connectivity index (χ1) is 5.27. The number of nitrogens with one attached hydrogen (secondary N) is 1. The largest absolute Gasteiger partial charge is 0.494 e. The lowest BCUT2D eigenvalue weighted by Crippen LogP contribution is -1.69. The molecule has 0 bridgehead atoms. The zero-order valence-electron chi connectivity index (χ0n) is 6.26. The minimum absolute atomic E-state index is 0.253. The summed E-state index contributed by atoms with van der Waals surface area (Å²) in [6.45, 7) is 2.01. The highest BCUT2D eigenvalue weighted by Gasteiger charge is 1.99. The molecular weight excluding hydrogens is 138 g/mol. The zero-order chi connectivity index (χ0) is 7.84. The first-order valence-corrected chi connectivity index (χ1v) is 3.54. The van der Waals surface area contributed by atoms with E-state index >= 15 is 0 Å². The minimum atomic E-state index is 0.253. The Morgan fingerprint density at radius 3 is 3.00 bits per heavy atom. The van der Waals surface area contributed by atoms with E-state index in [0.717, 1.165) is 16.3 Å². The molecule has 2 N–H and O–H groups in total. The van der Waals surface area contributed by atoms with Crippen LogP contribution in [0.15, 0.2) is 24.4 Å². The van der Waals surface area contributed by atoms with Crippen LogP contribution in [0.4, 0.5) is 0 Å². The molecule has 2 aromatic rings. The van der Waals surface area contributed by atoms with Gasteiger partial charge in [0.05, 0.1) is 0 Å². The van der Waals surface area contributed by atoms with Gasteiger partial charge in [-0.05, 0) is 13.0 Å². The van der Waals surface area contributed by atoms with E-state index in [2.05, 4.69) is 4.98 Å². The maximum atomic E-state index is 9.28. The van der Waals surface area contributed by atoms with Crippen LogP contribution in [0.25, 0.3) is 10.8 Å². The van der Waals surface area contributed by atoms with Gasteiger partial charge >= 0.3 is 0 Å². The molecule has 11 heavy (non-hydrogen) atoms. The topological polar surface area (TPSA) is 36.0 Å². The smallest absolute Gasteiger partial charge is 0.196 e. The summed E-state index contributed by atoms with van der Waals surface area (Å²) in [6, 6.07) is 5.97. The average molecular weight is 147 g/mol. The van der Waals surface area contributed by atoms with Crippen LogP contribution in [-0.4, -0.2) is 10.1 Å².